The molecule has 0 amide bonds. The van der Waals surface area contributed by atoms with Crippen LogP contribution in [0.4, 0.5) is 11.4 Å². The predicted molar refractivity (Wildman–Crippen MR) is 122 cm³/mol. The van der Waals surface area contributed by atoms with E-state index in [9.17, 15) is 9.59 Å². The summed E-state index contributed by atoms with van der Waals surface area (Å²) < 4.78 is 10.7. The quantitative estimate of drug-likeness (QED) is 0.191. The summed E-state index contributed by atoms with van der Waals surface area (Å²) in [6, 6.07) is 21.2. The van der Waals surface area contributed by atoms with Crippen molar-refractivity contribution in [3.05, 3.63) is 101 Å². The van der Waals surface area contributed by atoms with E-state index in [4.69, 9.17) is 21.1 Å². The van der Waals surface area contributed by atoms with Crippen molar-refractivity contribution in [2.75, 3.05) is 0 Å². The van der Waals surface area contributed by atoms with Gasteiger partial charge in [-0.1, -0.05) is 29.8 Å². The van der Waals surface area contributed by atoms with Crippen LogP contribution in [0.15, 0.2) is 94.7 Å². The normalized spacial score (nSPS) is 14.5. The van der Waals surface area contributed by atoms with Crippen molar-refractivity contribution < 1.29 is 19.1 Å². The number of carbonyl (C=O) groups excluding carboxylic acids is 2. The molecule has 0 unspecified atom stereocenters. The Morgan fingerprint density at radius 1 is 0.969 bits per heavy atom. The predicted octanol–water partition coefficient (Wildman–Crippen LogP) is 6.66. The van der Waals surface area contributed by atoms with Gasteiger partial charge in [0.15, 0.2) is 0 Å². The minimum absolute atomic E-state index is 0.296. The second-order valence-corrected chi connectivity index (χ2v) is 7.29. The standard InChI is InChI=1S/C25H17ClN2O4/c1-16(29)31-23-12-11-22(28-27-21-5-3-2-4-6-21)14-18(23)13-19-15-24(32-25(19)30)17-7-9-20(26)10-8-17/h2-15H,1H3/b19-13+,28-27?. The molecule has 7 heteroatoms. The van der Waals surface area contributed by atoms with Crippen molar-refractivity contribution in [1.82, 2.24) is 0 Å². The number of ether oxygens (including phenoxy) is 2. The minimum atomic E-state index is -0.514. The zero-order valence-corrected chi connectivity index (χ0v) is 17.7. The highest BCUT2D eigenvalue weighted by Gasteiger charge is 2.22. The SMILES string of the molecule is CC(=O)Oc1ccc(N=Nc2ccccc2)cc1/C=C1\C=C(c2ccc(Cl)cc2)OC1=O. The Morgan fingerprint density at radius 2 is 1.69 bits per heavy atom. The van der Waals surface area contributed by atoms with E-state index in [-0.39, 0.29) is 0 Å². The van der Waals surface area contributed by atoms with Crippen molar-refractivity contribution in [3.63, 3.8) is 0 Å². The number of rotatable bonds is 5. The summed E-state index contributed by atoms with van der Waals surface area (Å²) in [5.41, 5.74) is 2.75. The van der Waals surface area contributed by atoms with Crippen LogP contribution in [-0.2, 0) is 14.3 Å². The third-order valence-corrected chi connectivity index (χ3v) is 4.70. The monoisotopic (exact) mass is 444 g/mol. The molecule has 0 aromatic heterocycles. The molecule has 158 valence electrons. The van der Waals surface area contributed by atoms with E-state index in [1.54, 1.807) is 54.6 Å². The molecule has 0 saturated heterocycles. The summed E-state index contributed by atoms with van der Waals surface area (Å²) >= 11 is 5.92. The number of esters is 2. The number of carbonyl (C=O) groups is 2. The summed E-state index contributed by atoms with van der Waals surface area (Å²) in [7, 11) is 0. The van der Waals surface area contributed by atoms with Crippen LogP contribution >= 0.6 is 11.6 Å². The van der Waals surface area contributed by atoms with Crippen LogP contribution < -0.4 is 4.74 Å². The average molecular weight is 445 g/mol. The minimum Gasteiger partial charge on any atom is -0.426 e. The van der Waals surface area contributed by atoms with E-state index in [1.165, 1.54) is 6.92 Å². The molecule has 32 heavy (non-hydrogen) atoms. The third-order valence-electron chi connectivity index (χ3n) is 4.45. The number of azo groups is 1. The van der Waals surface area contributed by atoms with Gasteiger partial charge in [-0.15, -0.1) is 0 Å². The number of hydrogen-bond donors (Lipinski definition) is 0. The maximum Gasteiger partial charge on any atom is 0.343 e. The summed E-state index contributed by atoms with van der Waals surface area (Å²) in [5.74, 6) is -0.286. The molecule has 0 N–H and O–H groups in total. The van der Waals surface area contributed by atoms with Crippen LogP contribution in [0.2, 0.25) is 5.02 Å². The van der Waals surface area contributed by atoms with Crippen molar-refractivity contribution in [2.24, 2.45) is 10.2 Å². The van der Waals surface area contributed by atoms with E-state index in [1.807, 2.05) is 30.3 Å². The van der Waals surface area contributed by atoms with Crippen LogP contribution in [0.5, 0.6) is 5.75 Å². The molecular formula is C25H17ClN2O4. The second kappa shape index (κ2) is 9.41. The van der Waals surface area contributed by atoms with Gasteiger partial charge in [0.1, 0.15) is 11.5 Å². The Balaban J connectivity index is 1.69. The smallest absolute Gasteiger partial charge is 0.343 e. The number of nitrogens with zero attached hydrogens (tertiary/aromatic N) is 2. The third kappa shape index (κ3) is 5.17. The summed E-state index contributed by atoms with van der Waals surface area (Å²) in [6.07, 6.45) is 3.21. The first-order chi connectivity index (χ1) is 15.5. The van der Waals surface area contributed by atoms with Gasteiger partial charge in [-0.2, -0.15) is 10.2 Å². The Hall–Kier alpha value is -4.03. The summed E-state index contributed by atoms with van der Waals surface area (Å²) in [6.45, 7) is 1.31. The van der Waals surface area contributed by atoms with E-state index in [0.717, 1.165) is 5.56 Å². The molecule has 3 aromatic carbocycles. The Labute approximate surface area is 189 Å². The first-order valence-corrected chi connectivity index (χ1v) is 10.1. The van der Waals surface area contributed by atoms with Gasteiger partial charge in [-0.25, -0.2) is 4.79 Å². The first-order valence-electron chi connectivity index (χ1n) is 9.69. The van der Waals surface area contributed by atoms with Gasteiger partial charge in [0.05, 0.1) is 16.9 Å². The molecule has 0 radical (unpaired) electrons. The number of hydrogen-bond acceptors (Lipinski definition) is 6. The van der Waals surface area contributed by atoms with Crippen LogP contribution in [-0.4, -0.2) is 11.9 Å². The highest BCUT2D eigenvalue weighted by molar-refractivity contribution is 6.30. The zero-order valence-electron chi connectivity index (χ0n) is 17.0. The van der Waals surface area contributed by atoms with E-state index < -0.39 is 11.9 Å². The van der Waals surface area contributed by atoms with Gasteiger partial charge in [-0.05, 0) is 66.7 Å². The topological polar surface area (TPSA) is 77.3 Å². The molecule has 1 aliphatic rings. The Bertz CT molecular complexity index is 1260. The van der Waals surface area contributed by atoms with Crippen LogP contribution in [0.25, 0.3) is 11.8 Å². The molecule has 0 fully saturated rings. The maximum atomic E-state index is 12.4. The van der Waals surface area contributed by atoms with Crippen molar-refractivity contribution in [2.45, 2.75) is 6.92 Å². The molecular weight excluding hydrogens is 428 g/mol. The lowest BCUT2D eigenvalue weighted by molar-refractivity contribution is -0.132. The van der Waals surface area contributed by atoms with Gasteiger partial charge in [0, 0.05) is 23.1 Å². The van der Waals surface area contributed by atoms with Gasteiger partial charge in [0.25, 0.3) is 0 Å². The molecule has 0 atom stereocenters. The molecule has 0 aliphatic carbocycles. The van der Waals surface area contributed by atoms with Crippen LogP contribution in [0.3, 0.4) is 0 Å². The first kappa shape index (κ1) is 21.2. The molecule has 3 aromatic rings. The molecule has 0 spiro atoms. The van der Waals surface area contributed by atoms with Crippen LogP contribution in [0.1, 0.15) is 18.1 Å². The number of benzene rings is 3. The largest absolute Gasteiger partial charge is 0.426 e. The second-order valence-electron chi connectivity index (χ2n) is 6.86. The van der Waals surface area contributed by atoms with Crippen molar-refractivity contribution >= 4 is 46.7 Å². The van der Waals surface area contributed by atoms with Crippen LogP contribution in [0, 0.1) is 0 Å². The van der Waals surface area contributed by atoms with Gasteiger partial charge in [-0.3, -0.25) is 4.79 Å². The van der Waals surface area contributed by atoms with E-state index >= 15 is 0 Å². The summed E-state index contributed by atoms with van der Waals surface area (Å²) in [5, 5.41) is 9.01. The molecule has 6 nitrogen and oxygen atoms in total. The fourth-order valence-corrected chi connectivity index (χ4v) is 3.11. The molecule has 0 saturated carbocycles. The highest BCUT2D eigenvalue weighted by atomic mass is 35.5. The number of halogens is 1. The molecule has 1 aliphatic heterocycles. The van der Waals surface area contributed by atoms with E-state index in [0.29, 0.717) is 39.0 Å². The lowest BCUT2D eigenvalue weighted by Gasteiger charge is -2.07. The van der Waals surface area contributed by atoms with Gasteiger partial charge in [0.2, 0.25) is 0 Å². The summed E-state index contributed by atoms with van der Waals surface area (Å²) in [4.78, 5) is 24.0. The van der Waals surface area contributed by atoms with Crippen molar-refractivity contribution in [3.8, 4) is 5.75 Å². The lowest BCUT2D eigenvalue weighted by Crippen LogP contribution is -2.03. The van der Waals surface area contributed by atoms with Gasteiger partial charge < -0.3 is 9.47 Å². The number of cyclic esters (lactones) is 1. The molecule has 4 rings (SSSR count). The fourth-order valence-electron chi connectivity index (χ4n) is 2.98. The van der Waals surface area contributed by atoms with E-state index in [2.05, 4.69) is 10.2 Å². The lowest BCUT2D eigenvalue weighted by atomic mass is 10.1. The zero-order chi connectivity index (χ0) is 22.5. The van der Waals surface area contributed by atoms with Crippen molar-refractivity contribution in [1.29, 1.82) is 0 Å². The Kier molecular flexibility index (Phi) is 6.24. The maximum absolute atomic E-state index is 12.4. The Morgan fingerprint density at radius 3 is 2.41 bits per heavy atom. The average Bonchev–Trinajstić information content (AvgIpc) is 3.15. The van der Waals surface area contributed by atoms with Gasteiger partial charge >= 0.3 is 11.9 Å². The highest BCUT2D eigenvalue weighted by Crippen LogP contribution is 2.32. The fraction of sp³-hybridized carbons (Fsp3) is 0.0400. The molecule has 0 bridgehead atoms. The molecule has 1 heterocycles.